The van der Waals surface area contributed by atoms with Crippen molar-refractivity contribution < 1.29 is 9.53 Å². The van der Waals surface area contributed by atoms with Crippen LogP contribution in [0.25, 0.3) is 0 Å². The lowest BCUT2D eigenvalue weighted by atomic mass is 10.1. The molecule has 0 aliphatic rings. The van der Waals surface area contributed by atoms with E-state index in [1.54, 1.807) is 19.1 Å². The molecule has 0 saturated heterocycles. The molecule has 2 nitrogen and oxygen atoms in total. The highest BCUT2D eigenvalue weighted by Gasteiger charge is 2.17. The molecule has 0 bridgehead atoms. The first kappa shape index (κ1) is 14.6. The van der Waals surface area contributed by atoms with Gasteiger partial charge in [0.15, 0.2) is 6.10 Å². The number of Topliss-reactive ketones (excluding diaryl/α,β-unsaturated/α-hetero) is 1. The van der Waals surface area contributed by atoms with Crippen LogP contribution in [-0.4, -0.2) is 11.9 Å². The van der Waals surface area contributed by atoms with Crippen molar-refractivity contribution in [3.63, 3.8) is 0 Å². The summed E-state index contributed by atoms with van der Waals surface area (Å²) < 4.78 is 5.74. The molecular formula is C17H17ClO2. The average molecular weight is 289 g/mol. The van der Waals surface area contributed by atoms with Crippen molar-refractivity contribution in [1.29, 1.82) is 0 Å². The lowest BCUT2D eigenvalue weighted by Crippen LogP contribution is -2.23. The molecule has 0 radical (unpaired) electrons. The largest absolute Gasteiger partial charge is 0.483 e. The van der Waals surface area contributed by atoms with Gasteiger partial charge < -0.3 is 4.74 Å². The van der Waals surface area contributed by atoms with Gasteiger partial charge in [-0.2, -0.15) is 0 Å². The van der Waals surface area contributed by atoms with Crippen LogP contribution in [0.15, 0.2) is 42.5 Å². The van der Waals surface area contributed by atoms with E-state index in [0.29, 0.717) is 11.3 Å². The minimum atomic E-state index is -0.530. The van der Waals surface area contributed by atoms with E-state index in [-0.39, 0.29) is 5.78 Å². The van der Waals surface area contributed by atoms with Gasteiger partial charge in [-0.25, -0.2) is 0 Å². The zero-order valence-corrected chi connectivity index (χ0v) is 12.6. The summed E-state index contributed by atoms with van der Waals surface area (Å²) in [4.78, 5) is 12.2. The fraction of sp³-hybridized carbons (Fsp3) is 0.235. The van der Waals surface area contributed by atoms with Gasteiger partial charge in [-0.1, -0.05) is 41.9 Å². The van der Waals surface area contributed by atoms with E-state index in [4.69, 9.17) is 16.3 Å². The van der Waals surface area contributed by atoms with E-state index in [1.165, 1.54) is 0 Å². The molecule has 20 heavy (non-hydrogen) atoms. The first-order valence-electron chi connectivity index (χ1n) is 6.51. The van der Waals surface area contributed by atoms with Gasteiger partial charge in [0.05, 0.1) is 0 Å². The Labute approximate surface area is 124 Å². The highest BCUT2D eigenvalue weighted by atomic mass is 35.5. The quantitative estimate of drug-likeness (QED) is 0.768. The van der Waals surface area contributed by atoms with Crippen LogP contribution < -0.4 is 4.74 Å². The van der Waals surface area contributed by atoms with Gasteiger partial charge in [0.1, 0.15) is 5.75 Å². The summed E-state index contributed by atoms with van der Waals surface area (Å²) in [5, 5.41) is 0.736. The highest BCUT2D eigenvalue weighted by molar-refractivity contribution is 6.32. The standard InChI is InChI=1S/C17H17ClO2/c1-11-9-15(10-12(2)16(11)18)20-13(3)17(19)14-7-5-4-6-8-14/h4-10,13H,1-3H3. The molecule has 0 amide bonds. The van der Waals surface area contributed by atoms with Crippen LogP contribution in [0.1, 0.15) is 28.4 Å². The summed E-state index contributed by atoms with van der Waals surface area (Å²) in [5.41, 5.74) is 2.55. The second-order valence-electron chi connectivity index (χ2n) is 4.86. The van der Waals surface area contributed by atoms with Crippen LogP contribution in [0, 0.1) is 13.8 Å². The Morgan fingerprint density at radius 3 is 2.20 bits per heavy atom. The van der Waals surface area contributed by atoms with Crippen LogP contribution in [0.3, 0.4) is 0 Å². The predicted octanol–water partition coefficient (Wildman–Crippen LogP) is 4.61. The molecular weight excluding hydrogens is 272 g/mol. The second-order valence-corrected chi connectivity index (χ2v) is 5.24. The van der Waals surface area contributed by atoms with E-state index >= 15 is 0 Å². The number of ether oxygens (including phenoxy) is 1. The van der Waals surface area contributed by atoms with Gasteiger partial charge >= 0.3 is 0 Å². The first-order valence-corrected chi connectivity index (χ1v) is 6.89. The van der Waals surface area contributed by atoms with Gasteiger partial charge in [-0.3, -0.25) is 4.79 Å². The number of benzene rings is 2. The predicted molar refractivity (Wildman–Crippen MR) is 81.8 cm³/mol. The minimum absolute atomic E-state index is 0.0316. The van der Waals surface area contributed by atoms with Crippen molar-refractivity contribution in [2.75, 3.05) is 0 Å². The zero-order valence-electron chi connectivity index (χ0n) is 11.8. The Morgan fingerprint density at radius 1 is 1.10 bits per heavy atom. The van der Waals surface area contributed by atoms with E-state index in [2.05, 4.69) is 0 Å². The van der Waals surface area contributed by atoms with E-state index in [1.807, 2.05) is 44.2 Å². The van der Waals surface area contributed by atoms with Crippen LogP contribution in [0.4, 0.5) is 0 Å². The summed E-state index contributed by atoms with van der Waals surface area (Å²) in [5.74, 6) is 0.636. The molecule has 3 heteroatoms. The average Bonchev–Trinajstić information content (AvgIpc) is 2.44. The van der Waals surface area contributed by atoms with Gasteiger partial charge in [-0.05, 0) is 44.0 Å². The molecule has 0 fully saturated rings. The summed E-state index contributed by atoms with van der Waals surface area (Å²) in [6.07, 6.45) is -0.530. The molecule has 0 aromatic heterocycles. The van der Waals surface area contributed by atoms with Crippen LogP contribution in [0.5, 0.6) is 5.75 Å². The molecule has 2 rings (SSSR count). The number of hydrogen-bond acceptors (Lipinski definition) is 2. The Bertz CT molecular complexity index is 597. The van der Waals surface area contributed by atoms with E-state index in [0.717, 1.165) is 16.1 Å². The number of carbonyl (C=O) groups is 1. The normalized spacial score (nSPS) is 12.0. The molecule has 1 unspecified atom stereocenters. The Balaban J connectivity index is 2.16. The molecule has 104 valence electrons. The van der Waals surface area contributed by atoms with E-state index in [9.17, 15) is 4.79 Å². The van der Waals surface area contributed by atoms with Gasteiger partial charge in [0.25, 0.3) is 0 Å². The number of carbonyl (C=O) groups excluding carboxylic acids is 1. The van der Waals surface area contributed by atoms with Crippen LogP contribution in [0.2, 0.25) is 5.02 Å². The number of ketones is 1. The summed E-state index contributed by atoms with van der Waals surface area (Å²) >= 11 is 6.12. The minimum Gasteiger partial charge on any atom is -0.483 e. The van der Waals surface area contributed by atoms with Gasteiger partial charge in [0.2, 0.25) is 5.78 Å². The van der Waals surface area contributed by atoms with Crippen molar-refractivity contribution in [3.8, 4) is 5.75 Å². The van der Waals surface area contributed by atoms with Crippen LogP contribution >= 0.6 is 11.6 Å². The fourth-order valence-electron chi connectivity index (χ4n) is 2.07. The fourth-order valence-corrected chi connectivity index (χ4v) is 2.18. The molecule has 0 N–H and O–H groups in total. The highest BCUT2D eigenvalue weighted by Crippen LogP contribution is 2.26. The number of halogens is 1. The van der Waals surface area contributed by atoms with Crippen molar-refractivity contribution >= 4 is 17.4 Å². The third-order valence-electron chi connectivity index (χ3n) is 3.15. The maximum absolute atomic E-state index is 12.2. The zero-order chi connectivity index (χ0) is 14.7. The third kappa shape index (κ3) is 3.20. The summed E-state index contributed by atoms with van der Waals surface area (Å²) in [6, 6.07) is 12.9. The van der Waals surface area contributed by atoms with Crippen LogP contribution in [-0.2, 0) is 0 Å². The molecule has 0 spiro atoms. The molecule has 0 aliphatic carbocycles. The third-order valence-corrected chi connectivity index (χ3v) is 3.75. The molecule has 0 heterocycles. The number of rotatable bonds is 4. The lowest BCUT2D eigenvalue weighted by molar-refractivity contribution is 0.0818. The SMILES string of the molecule is Cc1cc(OC(C)C(=O)c2ccccc2)cc(C)c1Cl. The smallest absolute Gasteiger partial charge is 0.202 e. The monoisotopic (exact) mass is 288 g/mol. The van der Waals surface area contributed by atoms with Crippen molar-refractivity contribution in [3.05, 3.63) is 64.2 Å². The second kappa shape index (κ2) is 6.10. The maximum atomic E-state index is 12.2. The lowest BCUT2D eigenvalue weighted by Gasteiger charge is -2.15. The number of hydrogen-bond donors (Lipinski definition) is 0. The van der Waals surface area contributed by atoms with Crippen molar-refractivity contribution in [2.45, 2.75) is 26.9 Å². The number of aryl methyl sites for hydroxylation is 2. The van der Waals surface area contributed by atoms with Gasteiger partial charge in [0, 0.05) is 10.6 Å². The maximum Gasteiger partial charge on any atom is 0.202 e. The summed E-state index contributed by atoms with van der Waals surface area (Å²) in [7, 11) is 0. The molecule has 0 aliphatic heterocycles. The summed E-state index contributed by atoms with van der Waals surface area (Å²) in [6.45, 7) is 5.60. The van der Waals surface area contributed by atoms with Gasteiger partial charge in [-0.15, -0.1) is 0 Å². The molecule has 2 aromatic carbocycles. The Hall–Kier alpha value is -1.80. The molecule has 0 saturated carbocycles. The Kier molecular flexibility index (Phi) is 4.46. The Morgan fingerprint density at radius 2 is 1.65 bits per heavy atom. The first-order chi connectivity index (χ1) is 9.49. The molecule has 2 aromatic rings. The topological polar surface area (TPSA) is 26.3 Å². The van der Waals surface area contributed by atoms with Crippen molar-refractivity contribution in [1.82, 2.24) is 0 Å². The molecule has 1 atom stereocenters. The van der Waals surface area contributed by atoms with E-state index < -0.39 is 6.10 Å². The van der Waals surface area contributed by atoms with Crippen molar-refractivity contribution in [2.24, 2.45) is 0 Å².